The first-order chi connectivity index (χ1) is 10.5. The number of anilines is 2. The van der Waals surface area contributed by atoms with Gasteiger partial charge in [-0.3, -0.25) is 4.79 Å². The van der Waals surface area contributed by atoms with E-state index >= 15 is 0 Å². The normalized spacial score (nSPS) is 11.8. The number of aryl methyl sites for hydroxylation is 1. The predicted octanol–water partition coefficient (Wildman–Crippen LogP) is 3.51. The fourth-order valence-electron chi connectivity index (χ4n) is 2.03. The maximum atomic E-state index is 13.7. The van der Waals surface area contributed by atoms with Gasteiger partial charge in [-0.15, -0.1) is 0 Å². The summed E-state index contributed by atoms with van der Waals surface area (Å²) < 4.78 is 19.3. The highest BCUT2D eigenvalue weighted by molar-refractivity contribution is 5.94. The van der Waals surface area contributed by atoms with Crippen LogP contribution in [-0.4, -0.2) is 12.0 Å². The van der Waals surface area contributed by atoms with Crippen LogP contribution in [0.3, 0.4) is 0 Å². The summed E-state index contributed by atoms with van der Waals surface area (Å²) in [6.07, 6.45) is -0.244. The summed E-state index contributed by atoms with van der Waals surface area (Å²) in [6, 6.07) is 11.5. The Morgan fingerprint density at radius 3 is 2.77 bits per heavy atom. The largest absolute Gasteiger partial charge is 0.481 e. The van der Waals surface area contributed by atoms with Gasteiger partial charge in [0.1, 0.15) is 11.6 Å². The van der Waals surface area contributed by atoms with Crippen LogP contribution in [0.15, 0.2) is 42.5 Å². The van der Waals surface area contributed by atoms with E-state index in [1.807, 2.05) is 32.0 Å². The van der Waals surface area contributed by atoms with Crippen LogP contribution in [0.4, 0.5) is 15.8 Å². The lowest BCUT2D eigenvalue weighted by Crippen LogP contribution is -2.32. The molecule has 5 heteroatoms. The Kier molecular flexibility index (Phi) is 4.99. The monoisotopic (exact) mass is 302 g/mol. The van der Waals surface area contributed by atoms with Crippen LogP contribution in [-0.2, 0) is 4.79 Å². The zero-order valence-electron chi connectivity index (χ0n) is 12.6. The Morgan fingerprint density at radius 2 is 2.09 bits per heavy atom. The number of rotatable bonds is 5. The minimum Gasteiger partial charge on any atom is -0.481 e. The number of carbonyl (C=O) groups excluding carboxylic acids is 1. The van der Waals surface area contributed by atoms with Crippen molar-refractivity contribution < 1.29 is 13.9 Å². The molecular formula is C17H19FN2O2. The van der Waals surface area contributed by atoms with E-state index in [1.54, 1.807) is 6.07 Å². The molecule has 0 saturated carbocycles. The van der Waals surface area contributed by atoms with Crippen molar-refractivity contribution in [3.63, 3.8) is 0 Å². The molecule has 1 atom stereocenters. The third-order valence-corrected chi connectivity index (χ3v) is 3.18. The molecule has 0 aliphatic rings. The number of hydrogen-bond donors (Lipinski definition) is 2. The number of amides is 1. The van der Waals surface area contributed by atoms with Crippen molar-refractivity contribution in [2.45, 2.75) is 26.4 Å². The molecule has 0 bridgehead atoms. The van der Waals surface area contributed by atoms with Crippen molar-refractivity contribution in [3.8, 4) is 5.75 Å². The molecule has 4 nitrogen and oxygen atoms in total. The minimum atomic E-state index is -0.706. The van der Waals surface area contributed by atoms with Gasteiger partial charge in [-0.2, -0.15) is 0 Å². The van der Waals surface area contributed by atoms with Crippen molar-refractivity contribution >= 4 is 17.3 Å². The van der Waals surface area contributed by atoms with Crippen LogP contribution in [0, 0.1) is 12.7 Å². The molecule has 22 heavy (non-hydrogen) atoms. The average molecular weight is 302 g/mol. The lowest BCUT2D eigenvalue weighted by molar-refractivity contribution is -0.122. The molecule has 0 aliphatic heterocycles. The fraction of sp³-hybridized carbons (Fsp3) is 0.235. The quantitative estimate of drug-likeness (QED) is 0.831. The first-order valence-corrected chi connectivity index (χ1v) is 7.09. The zero-order chi connectivity index (χ0) is 16.1. The number of nitrogens with two attached hydrogens (primary N) is 1. The molecule has 2 rings (SSSR count). The molecular weight excluding hydrogens is 283 g/mol. The summed E-state index contributed by atoms with van der Waals surface area (Å²) in [4.78, 5) is 12.3. The van der Waals surface area contributed by atoms with Gasteiger partial charge in [-0.25, -0.2) is 4.39 Å². The van der Waals surface area contributed by atoms with Crippen molar-refractivity contribution in [2.24, 2.45) is 0 Å². The summed E-state index contributed by atoms with van der Waals surface area (Å²) in [5, 5.41) is 2.52. The maximum Gasteiger partial charge on any atom is 0.265 e. The highest BCUT2D eigenvalue weighted by Gasteiger charge is 2.20. The van der Waals surface area contributed by atoms with Crippen molar-refractivity contribution in [1.29, 1.82) is 0 Å². The molecule has 0 unspecified atom stereocenters. The van der Waals surface area contributed by atoms with Crippen LogP contribution < -0.4 is 15.8 Å². The molecule has 2 aromatic rings. The fourth-order valence-corrected chi connectivity index (χ4v) is 2.03. The maximum absolute atomic E-state index is 13.7. The van der Waals surface area contributed by atoms with Crippen molar-refractivity contribution in [1.82, 2.24) is 0 Å². The average Bonchev–Trinajstić information content (AvgIpc) is 2.48. The van der Waals surface area contributed by atoms with Crippen LogP contribution >= 0.6 is 0 Å². The molecule has 0 saturated heterocycles. The van der Waals surface area contributed by atoms with Crippen LogP contribution in [0.1, 0.15) is 18.9 Å². The van der Waals surface area contributed by atoms with E-state index < -0.39 is 17.8 Å². The second kappa shape index (κ2) is 6.93. The van der Waals surface area contributed by atoms with Crippen molar-refractivity contribution in [2.75, 3.05) is 11.1 Å². The number of hydrogen-bond acceptors (Lipinski definition) is 3. The van der Waals surface area contributed by atoms with Gasteiger partial charge in [0.25, 0.3) is 5.91 Å². The number of ether oxygens (including phenoxy) is 1. The van der Waals surface area contributed by atoms with Gasteiger partial charge in [0.2, 0.25) is 0 Å². The SMILES string of the molecule is CC[C@@H](Oc1cccc(C)c1)C(=O)Nc1cc(N)ccc1F. The van der Waals surface area contributed by atoms with Gasteiger partial charge in [0, 0.05) is 5.69 Å². The Labute approximate surface area is 129 Å². The zero-order valence-corrected chi connectivity index (χ0v) is 12.6. The number of carbonyl (C=O) groups is 1. The van der Waals surface area contributed by atoms with Gasteiger partial charge in [0.05, 0.1) is 5.69 Å². The molecule has 2 aromatic carbocycles. The molecule has 0 aromatic heterocycles. The topological polar surface area (TPSA) is 64.3 Å². The lowest BCUT2D eigenvalue weighted by Gasteiger charge is -2.18. The van der Waals surface area contributed by atoms with Gasteiger partial charge >= 0.3 is 0 Å². The van der Waals surface area contributed by atoms with E-state index in [9.17, 15) is 9.18 Å². The van der Waals surface area contributed by atoms with Gasteiger partial charge in [-0.05, 0) is 49.2 Å². The first-order valence-electron chi connectivity index (χ1n) is 7.09. The Bertz CT molecular complexity index is 673. The molecule has 0 radical (unpaired) electrons. The number of nitrogen functional groups attached to an aromatic ring is 1. The summed E-state index contributed by atoms with van der Waals surface area (Å²) in [5.74, 6) is -0.337. The predicted molar refractivity (Wildman–Crippen MR) is 85.3 cm³/mol. The number of nitrogens with one attached hydrogen (secondary N) is 1. The van der Waals surface area contributed by atoms with E-state index in [0.717, 1.165) is 5.56 Å². The molecule has 1 amide bonds. The highest BCUT2D eigenvalue weighted by atomic mass is 19.1. The number of halogens is 1. The van der Waals surface area contributed by atoms with Crippen LogP contribution in [0.5, 0.6) is 5.75 Å². The van der Waals surface area contributed by atoms with E-state index in [1.165, 1.54) is 18.2 Å². The Morgan fingerprint density at radius 1 is 1.32 bits per heavy atom. The van der Waals surface area contributed by atoms with Crippen LogP contribution in [0.2, 0.25) is 0 Å². The first kappa shape index (κ1) is 15.8. The van der Waals surface area contributed by atoms with Gasteiger partial charge in [0.15, 0.2) is 6.10 Å². The van der Waals surface area contributed by atoms with Crippen molar-refractivity contribution in [3.05, 3.63) is 53.8 Å². The minimum absolute atomic E-state index is 0.0521. The molecule has 0 spiro atoms. The third kappa shape index (κ3) is 3.97. The summed E-state index contributed by atoms with van der Waals surface area (Å²) in [5.41, 5.74) is 7.07. The standard InChI is InChI=1S/C17H19FN2O2/c1-3-16(22-13-6-4-5-11(2)9-13)17(21)20-15-10-12(19)7-8-14(15)18/h4-10,16H,3,19H2,1-2H3,(H,20,21)/t16-/m1/s1. The summed E-state index contributed by atoms with van der Waals surface area (Å²) in [7, 11) is 0. The van der Waals surface area contributed by atoms with E-state index in [2.05, 4.69) is 5.32 Å². The molecule has 0 fully saturated rings. The number of benzene rings is 2. The highest BCUT2D eigenvalue weighted by Crippen LogP contribution is 2.20. The Balaban J connectivity index is 2.10. The van der Waals surface area contributed by atoms with E-state index in [0.29, 0.717) is 17.9 Å². The lowest BCUT2D eigenvalue weighted by atomic mass is 10.2. The second-order valence-electron chi connectivity index (χ2n) is 5.06. The Hall–Kier alpha value is -2.56. The molecule has 0 heterocycles. The van der Waals surface area contributed by atoms with Gasteiger partial charge < -0.3 is 15.8 Å². The molecule has 3 N–H and O–H groups in total. The molecule has 0 aliphatic carbocycles. The van der Waals surface area contributed by atoms with E-state index in [4.69, 9.17) is 10.5 Å². The second-order valence-corrected chi connectivity index (χ2v) is 5.06. The van der Waals surface area contributed by atoms with E-state index in [-0.39, 0.29) is 5.69 Å². The van der Waals surface area contributed by atoms with Crippen LogP contribution in [0.25, 0.3) is 0 Å². The summed E-state index contributed by atoms with van der Waals surface area (Å²) in [6.45, 7) is 3.77. The summed E-state index contributed by atoms with van der Waals surface area (Å²) >= 11 is 0. The third-order valence-electron chi connectivity index (χ3n) is 3.18. The smallest absolute Gasteiger partial charge is 0.265 e. The molecule has 116 valence electrons. The van der Waals surface area contributed by atoms with Gasteiger partial charge in [-0.1, -0.05) is 19.1 Å².